The number of rotatable bonds is 4. The lowest BCUT2D eigenvalue weighted by molar-refractivity contribution is 0.357. The third kappa shape index (κ3) is 3.15. The molecule has 0 spiro atoms. The Balaban J connectivity index is 1.31. The fourth-order valence-corrected chi connectivity index (χ4v) is 5.99. The molecule has 6 heterocycles. The molecule has 3 aliphatic rings. The summed E-state index contributed by atoms with van der Waals surface area (Å²) in [6.07, 6.45) is 11.0. The monoisotopic (exact) mass is 454 g/mol. The van der Waals surface area contributed by atoms with Crippen molar-refractivity contribution in [3.8, 4) is 22.6 Å². The van der Waals surface area contributed by atoms with Crippen molar-refractivity contribution in [3.63, 3.8) is 0 Å². The number of nitrogens with one attached hydrogen (secondary N) is 2. The Hall–Kier alpha value is -3.26. The van der Waals surface area contributed by atoms with Gasteiger partial charge in [0.1, 0.15) is 11.5 Å². The third-order valence-corrected chi connectivity index (χ3v) is 8.04. The van der Waals surface area contributed by atoms with E-state index in [4.69, 9.17) is 10.7 Å². The first-order valence-electron chi connectivity index (χ1n) is 12.5. The minimum atomic E-state index is 0.468. The van der Waals surface area contributed by atoms with Crippen LogP contribution in [0.1, 0.15) is 73.0 Å². The molecule has 7 rings (SSSR count). The largest absolute Gasteiger partial charge is 0.383 e. The van der Waals surface area contributed by atoms with Crippen LogP contribution in [0.2, 0.25) is 0 Å². The maximum atomic E-state index is 6.78. The second-order valence-electron chi connectivity index (χ2n) is 10.4. The van der Waals surface area contributed by atoms with Crippen molar-refractivity contribution in [1.29, 1.82) is 0 Å². The smallest absolute Gasteiger partial charge is 0.165 e. The predicted octanol–water partition coefficient (Wildman–Crippen LogP) is 4.26. The van der Waals surface area contributed by atoms with E-state index in [1.165, 1.54) is 36.9 Å². The van der Waals surface area contributed by atoms with E-state index in [2.05, 4.69) is 31.4 Å². The van der Waals surface area contributed by atoms with Crippen molar-refractivity contribution in [2.75, 3.05) is 5.73 Å². The number of nitrogen functional groups attached to an aromatic ring is 1. The van der Waals surface area contributed by atoms with E-state index in [0.717, 1.165) is 58.3 Å². The molecule has 4 N–H and O–H groups in total. The fraction of sp³-hybridized carbons (Fsp3) is 0.462. The summed E-state index contributed by atoms with van der Waals surface area (Å²) < 4.78 is 1.84. The highest BCUT2D eigenvalue weighted by molar-refractivity contribution is 5.79. The molecule has 0 radical (unpaired) electrons. The number of aromatic nitrogens is 6. The highest BCUT2D eigenvalue weighted by Gasteiger charge is 2.39. The summed E-state index contributed by atoms with van der Waals surface area (Å²) in [5.41, 5.74) is 14.9. The number of anilines is 1. The molecule has 3 atom stereocenters. The predicted molar refractivity (Wildman–Crippen MR) is 132 cm³/mol. The van der Waals surface area contributed by atoms with E-state index in [1.54, 1.807) is 0 Å². The van der Waals surface area contributed by atoms with Crippen molar-refractivity contribution in [1.82, 2.24) is 34.9 Å². The number of hydrogen-bond donors (Lipinski definition) is 3. The summed E-state index contributed by atoms with van der Waals surface area (Å²) in [5.74, 6) is 2.56. The molecule has 174 valence electrons. The molecule has 8 heteroatoms. The van der Waals surface area contributed by atoms with Crippen molar-refractivity contribution in [3.05, 3.63) is 47.2 Å². The molecule has 2 bridgehead atoms. The van der Waals surface area contributed by atoms with Crippen molar-refractivity contribution < 1.29 is 0 Å². The van der Waals surface area contributed by atoms with Gasteiger partial charge in [0.2, 0.25) is 0 Å². The van der Waals surface area contributed by atoms with E-state index >= 15 is 0 Å². The van der Waals surface area contributed by atoms with Gasteiger partial charge in [-0.15, -0.1) is 0 Å². The van der Waals surface area contributed by atoms with Crippen LogP contribution in [0.5, 0.6) is 0 Å². The quantitative estimate of drug-likeness (QED) is 0.425. The van der Waals surface area contributed by atoms with Gasteiger partial charge < -0.3 is 16.0 Å². The van der Waals surface area contributed by atoms with Gasteiger partial charge >= 0.3 is 0 Å². The van der Waals surface area contributed by atoms with Crippen LogP contribution in [0.3, 0.4) is 0 Å². The fourth-order valence-electron chi connectivity index (χ4n) is 5.99. The normalized spacial score (nSPS) is 24.2. The van der Waals surface area contributed by atoms with Crippen LogP contribution in [0.15, 0.2) is 24.5 Å². The van der Waals surface area contributed by atoms with Crippen LogP contribution < -0.4 is 11.1 Å². The van der Waals surface area contributed by atoms with E-state index in [1.807, 2.05) is 36.8 Å². The molecular formula is C26H30N8. The topological polar surface area (TPSA) is 110 Å². The molecule has 3 fully saturated rings. The summed E-state index contributed by atoms with van der Waals surface area (Å²) in [6.45, 7) is 4.02. The second kappa shape index (κ2) is 7.37. The van der Waals surface area contributed by atoms with Crippen LogP contribution in [0.25, 0.3) is 28.3 Å². The first-order chi connectivity index (χ1) is 16.5. The number of piperidine rings is 1. The standard InChI is InChI=1S/C26H30N8/c1-13-14(2)31-25(30-13)21-8-5-16(11-28-21)20-12-29-34-24(27)22(15-3-4-15)23(33-26(20)34)17-9-18-6-7-19(10-17)32-18/h5,8,11-12,15,17-19,32H,3-4,6-7,9-10,27H2,1-2H3,(H,30,31)/t17?,18-,19+. The van der Waals surface area contributed by atoms with Crippen LogP contribution in [-0.2, 0) is 0 Å². The average Bonchev–Trinajstić information content (AvgIpc) is 3.37. The van der Waals surface area contributed by atoms with E-state index < -0.39 is 0 Å². The van der Waals surface area contributed by atoms with Gasteiger partial charge in [0.05, 0.1) is 17.6 Å². The zero-order valence-electron chi connectivity index (χ0n) is 19.7. The van der Waals surface area contributed by atoms with Crippen LogP contribution >= 0.6 is 0 Å². The molecule has 4 aromatic rings. The lowest BCUT2D eigenvalue weighted by Gasteiger charge is -2.30. The summed E-state index contributed by atoms with van der Waals surface area (Å²) in [5, 5.41) is 8.43. The molecule has 1 saturated carbocycles. The van der Waals surface area contributed by atoms with Crippen LogP contribution in [0.4, 0.5) is 5.82 Å². The van der Waals surface area contributed by atoms with Crippen molar-refractivity contribution in [2.24, 2.45) is 0 Å². The molecule has 2 aliphatic heterocycles. The zero-order valence-corrected chi connectivity index (χ0v) is 19.7. The van der Waals surface area contributed by atoms with Gasteiger partial charge in [-0.1, -0.05) is 6.07 Å². The molecule has 0 aromatic carbocycles. The number of H-pyrrole nitrogens is 1. The first-order valence-corrected chi connectivity index (χ1v) is 12.5. The van der Waals surface area contributed by atoms with Gasteiger partial charge in [-0.2, -0.15) is 9.61 Å². The number of nitrogens with two attached hydrogens (primary N) is 1. The van der Waals surface area contributed by atoms with Gasteiger partial charge in [0.25, 0.3) is 0 Å². The summed E-state index contributed by atoms with van der Waals surface area (Å²) in [7, 11) is 0. The molecule has 1 aliphatic carbocycles. The SMILES string of the molecule is Cc1nc(-c2ccc(-c3cnn4c(N)c(C5CC5)c(C5C[C@H]6CC[C@@H](C5)N6)nc34)cn2)[nH]c1C. The number of hydrogen-bond acceptors (Lipinski definition) is 6. The lowest BCUT2D eigenvalue weighted by Crippen LogP contribution is -2.37. The van der Waals surface area contributed by atoms with Gasteiger partial charge in [-0.3, -0.25) is 4.98 Å². The minimum absolute atomic E-state index is 0.468. The highest BCUT2D eigenvalue weighted by atomic mass is 15.3. The van der Waals surface area contributed by atoms with Crippen LogP contribution in [-0.4, -0.2) is 41.6 Å². The molecule has 8 nitrogen and oxygen atoms in total. The Morgan fingerprint density at radius 2 is 1.76 bits per heavy atom. The Kier molecular flexibility index (Phi) is 4.37. The second-order valence-corrected chi connectivity index (χ2v) is 10.4. The average molecular weight is 455 g/mol. The van der Waals surface area contributed by atoms with E-state index in [9.17, 15) is 0 Å². The Morgan fingerprint density at radius 3 is 2.41 bits per heavy atom. The summed E-state index contributed by atoms with van der Waals surface area (Å²) >= 11 is 0. The van der Waals surface area contributed by atoms with Crippen LogP contribution in [0, 0.1) is 13.8 Å². The maximum Gasteiger partial charge on any atom is 0.165 e. The lowest BCUT2D eigenvalue weighted by atomic mass is 9.86. The number of fused-ring (bicyclic) bond motifs is 3. The van der Waals surface area contributed by atoms with Gasteiger partial charge in [0.15, 0.2) is 11.5 Å². The Morgan fingerprint density at radius 1 is 0.971 bits per heavy atom. The number of imidazole rings is 1. The number of nitrogens with zero attached hydrogens (tertiary/aromatic N) is 5. The zero-order chi connectivity index (χ0) is 23.0. The first kappa shape index (κ1) is 20.1. The number of aryl methyl sites for hydroxylation is 2. The molecule has 1 unspecified atom stereocenters. The summed E-state index contributed by atoms with van der Waals surface area (Å²) in [4.78, 5) is 17.9. The molecule has 34 heavy (non-hydrogen) atoms. The summed E-state index contributed by atoms with van der Waals surface area (Å²) in [6, 6.07) is 5.31. The number of pyridine rings is 1. The van der Waals surface area contributed by atoms with E-state index in [-0.39, 0.29) is 0 Å². The Labute approximate surface area is 198 Å². The van der Waals surface area contributed by atoms with E-state index in [0.29, 0.717) is 23.9 Å². The van der Waals surface area contributed by atoms with Gasteiger partial charge in [0, 0.05) is 46.6 Å². The van der Waals surface area contributed by atoms with Gasteiger partial charge in [-0.25, -0.2) is 9.97 Å². The van der Waals surface area contributed by atoms with Crippen molar-refractivity contribution in [2.45, 2.75) is 76.3 Å². The molecule has 0 amide bonds. The molecular weight excluding hydrogens is 424 g/mol. The minimum Gasteiger partial charge on any atom is -0.383 e. The van der Waals surface area contributed by atoms with Gasteiger partial charge in [-0.05, 0) is 64.4 Å². The maximum absolute atomic E-state index is 6.78. The Bertz CT molecular complexity index is 1360. The molecule has 2 saturated heterocycles. The molecule has 4 aromatic heterocycles. The number of aromatic amines is 1. The highest BCUT2D eigenvalue weighted by Crippen LogP contribution is 2.48. The van der Waals surface area contributed by atoms with Crippen molar-refractivity contribution >= 4 is 11.5 Å². The third-order valence-electron chi connectivity index (χ3n) is 8.04.